The maximum absolute atomic E-state index is 11.3. The number of ether oxygens (including phenoxy) is 2. The molecule has 0 heterocycles. The average molecular weight is 387 g/mol. The Morgan fingerprint density at radius 2 is 1.55 bits per heavy atom. The second kappa shape index (κ2) is 13.0. The predicted octanol–water partition coefficient (Wildman–Crippen LogP) is 0.701. The van der Waals surface area contributed by atoms with Gasteiger partial charge in [-0.2, -0.15) is 0 Å². The molecule has 0 aromatic carbocycles. The Morgan fingerprint density at radius 3 is 2.05 bits per heavy atom. The second-order valence-electron chi connectivity index (χ2n) is 3.94. The van der Waals surface area contributed by atoms with E-state index in [2.05, 4.69) is 15.6 Å². The zero-order chi connectivity index (χ0) is 15.4. The van der Waals surface area contributed by atoms with E-state index in [-0.39, 0.29) is 12.0 Å². The summed E-state index contributed by atoms with van der Waals surface area (Å²) in [7, 11) is 3.43. The first-order valence-electron chi connectivity index (χ1n) is 6.61. The molecule has 0 bridgehead atoms. The van der Waals surface area contributed by atoms with Crippen LogP contribution in [0.5, 0.6) is 0 Å². The van der Waals surface area contributed by atoms with Crippen molar-refractivity contribution in [3.8, 4) is 0 Å². The standard InChI is InChI=1S/C12H24N2O3S2Se/c1-3-16-11(15)9(13)5-7-18-19-8-6-10(14)12(20)17-4-2/h9-10H,3-8,13-14H2,1-2H3/t9-,10-/m0/s1. The van der Waals surface area contributed by atoms with Crippen molar-refractivity contribution in [2.75, 3.05) is 24.7 Å². The number of carbonyl (C=O) groups excluding carboxylic acids is 1. The van der Waals surface area contributed by atoms with Crippen molar-refractivity contribution >= 4 is 47.7 Å². The van der Waals surface area contributed by atoms with E-state index in [1.165, 1.54) is 0 Å². The van der Waals surface area contributed by atoms with Crippen LogP contribution in [0.15, 0.2) is 0 Å². The molecule has 0 amide bonds. The number of hydrogen-bond donors (Lipinski definition) is 2. The fourth-order valence-corrected chi connectivity index (χ4v) is 3.92. The van der Waals surface area contributed by atoms with Gasteiger partial charge in [0.2, 0.25) is 0 Å². The van der Waals surface area contributed by atoms with Crippen LogP contribution in [0.3, 0.4) is 0 Å². The second-order valence-corrected chi connectivity index (χ2v) is 7.48. The van der Waals surface area contributed by atoms with Gasteiger partial charge in [0, 0.05) is 0 Å². The summed E-state index contributed by atoms with van der Waals surface area (Å²) in [6, 6.07) is -0.585. The Kier molecular flexibility index (Phi) is 13.2. The van der Waals surface area contributed by atoms with Gasteiger partial charge < -0.3 is 0 Å². The van der Waals surface area contributed by atoms with Crippen molar-refractivity contribution in [1.82, 2.24) is 0 Å². The molecule has 0 saturated heterocycles. The number of rotatable bonds is 12. The first kappa shape index (κ1) is 20.3. The van der Waals surface area contributed by atoms with Crippen LogP contribution in [0.4, 0.5) is 0 Å². The summed E-state index contributed by atoms with van der Waals surface area (Å²) in [4.78, 5) is 11.3. The molecular formula is C12H24N2O3S2Se. The molecule has 0 aliphatic heterocycles. The molecule has 0 aliphatic carbocycles. The maximum atomic E-state index is 11.3. The minimum atomic E-state index is -0.520. The van der Waals surface area contributed by atoms with Gasteiger partial charge in [0.15, 0.2) is 0 Å². The molecule has 5 nitrogen and oxygen atoms in total. The molecule has 0 saturated carbocycles. The van der Waals surface area contributed by atoms with Crippen LogP contribution in [-0.4, -0.2) is 63.0 Å². The van der Waals surface area contributed by atoms with E-state index in [1.807, 2.05) is 6.92 Å². The van der Waals surface area contributed by atoms with E-state index in [1.54, 1.807) is 28.5 Å². The van der Waals surface area contributed by atoms with Crippen molar-refractivity contribution < 1.29 is 14.3 Å². The van der Waals surface area contributed by atoms with Gasteiger partial charge >= 0.3 is 130 Å². The van der Waals surface area contributed by atoms with Crippen molar-refractivity contribution in [2.45, 2.75) is 38.8 Å². The van der Waals surface area contributed by atoms with Gasteiger partial charge in [0.05, 0.1) is 0 Å². The number of carbonyl (C=O) groups is 1. The van der Waals surface area contributed by atoms with Crippen LogP contribution in [0.1, 0.15) is 26.7 Å². The van der Waals surface area contributed by atoms with E-state index < -0.39 is 6.04 Å². The molecule has 0 unspecified atom stereocenters. The van der Waals surface area contributed by atoms with E-state index >= 15 is 0 Å². The van der Waals surface area contributed by atoms with E-state index in [4.69, 9.17) is 20.9 Å². The van der Waals surface area contributed by atoms with Gasteiger partial charge in [-0.3, -0.25) is 0 Å². The van der Waals surface area contributed by atoms with Gasteiger partial charge in [0.25, 0.3) is 0 Å². The monoisotopic (exact) mass is 388 g/mol. The third-order valence-corrected chi connectivity index (χ3v) is 5.64. The molecule has 20 heavy (non-hydrogen) atoms. The van der Waals surface area contributed by atoms with Crippen molar-refractivity contribution in [3.05, 3.63) is 0 Å². The topological polar surface area (TPSA) is 87.6 Å². The van der Waals surface area contributed by atoms with E-state index in [0.717, 1.165) is 22.5 Å². The van der Waals surface area contributed by atoms with Crippen LogP contribution < -0.4 is 11.5 Å². The van der Waals surface area contributed by atoms with E-state index in [9.17, 15) is 4.79 Å². The molecule has 4 N–H and O–H groups in total. The molecule has 0 rings (SSSR count). The summed E-state index contributed by atoms with van der Waals surface area (Å²) in [5.41, 5.74) is 11.6. The molecule has 0 fully saturated rings. The number of hydrogen-bond acceptors (Lipinski definition) is 7. The van der Waals surface area contributed by atoms with Gasteiger partial charge in [-0.15, -0.1) is 0 Å². The van der Waals surface area contributed by atoms with Gasteiger partial charge in [0.1, 0.15) is 0 Å². The molecule has 0 aromatic heterocycles. The molecule has 8 heteroatoms. The number of esters is 1. The van der Waals surface area contributed by atoms with Crippen molar-refractivity contribution in [3.63, 3.8) is 0 Å². The van der Waals surface area contributed by atoms with Gasteiger partial charge in [-0.1, -0.05) is 0 Å². The quantitative estimate of drug-likeness (QED) is 0.221. The third kappa shape index (κ3) is 10.1. The predicted molar refractivity (Wildman–Crippen MR) is 89.1 cm³/mol. The fourth-order valence-electron chi connectivity index (χ4n) is 1.20. The molecule has 0 spiro atoms. The summed E-state index contributed by atoms with van der Waals surface area (Å²) < 4.78 is 10.9. The molecular weight excluding hydrogens is 363 g/mol. The Bertz CT molecular complexity index is 268. The Hall–Kier alpha value is 0.279. The summed E-state index contributed by atoms with van der Waals surface area (Å²) in [5, 5.41) is 0. The first-order valence-corrected chi connectivity index (χ1v) is 9.96. The SMILES string of the molecule is CCOC(=O)[C@@H](N)CCSSCC[C@H](N)C(=[Se])OCC. The molecule has 0 aromatic rings. The van der Waals surface area contributed by atoms with Crippen LogP contribution in [0.25, 0.3) is 0 Å². The van der Waals surface area contributed by atoms with Crippen LogP contribution in [0.2, 0.25) is 0 Å². The summed E-state index contributed by atoms with van der Waals surface area (Å²) in [6.45, 7) is 4.71. The molecule has 118 valence electrons. The molecule has 0 radical (unpaired) electrons. The fraction of sp³-hybridized carbons (Fsp3) is 0.833. The minimum absolute atomic E-state index is 0.0650. The van der Waals surface area contributed by atoms with E-state index in [0.29, 0.717) is 19.6 Å². The van der Waals surface area contributed by atoms with Crippen molar-refractivity contribution in [1.29, 1.82) is 0 Å². The van der Waals surface area contributed by atoms with Crippen LogP contribution in [-0.2, 0) is 14.3 Å². The molecule has 0 aliphatic rings. The Morgan fingerprint density at radius 1 is 1.05 bits per heavy atom. The number of nitrogens with two attached hydrogens (primary N) is 2. The molecule has 2 atom stereocenters. The zero-order valence-corrected chi connectivity index (χ0v) is 15.3. The van der Waals surface area contributed by atoms with Gasteiger partial charge in [-0.25, -0.2) is 0 Å². The average Bonchev–Trinajstić information content (AvgIpc) is 2.42. The Balaban J connectivity index is 3.53. The Labute approximate surface area is 137 Å². The first-order chi connectivity index (χ1) is 9.52. The normalized spacial score (nSPS) is 13.6. The summed E-state index contributed by atoms with van der Waals surface area (Å²) in [5.74, 6) is 1.43. The van der Waals surface area contributed by atoms with Crippen LogP contribution >= 0.6 is 21.6 Å². The summed E-state index contributed by atoms with van der Waals surface area (Å²) in [6.07, 6.45) is 1.48. The van der Waals surface area contributed by atoms with Gasteiger partial charge in [-0.05, 0) is 6.92 Å². The summed E-state index contributed by atoms with van der Waals surface area (Å²) >= 11 is 2.85. The third-order valence-electron chi connectivity index (χ3n) is 2.29. The van der Waals surface area contributed by atoms with Crippen molar-refractivity contribution in [2.24, 2.45) is 11.5 Å². The zero-order valence-electron chi connectivity index (χ0n) is 12.0. The van der Waals surface area contributed by atoms with Crippen LogP contribution in [0, 0.1) is 0 Å².